The van der Waals surface area contributed by atoms with Crippen molar-refractivity contribution < 1.29 is 14.3 Å². The van der Waals surface area contributed by atoms with Crippen LogP contribution in [-0.2, 0) is 0 Å². The summed E-state index contributed by atoms with van der Waals surface area (Å²) in [6.07, 6.45) is 0. The average Bonchev–Trinajstić information content (AvgIpc) is 2.45. The van der Waals surface area contributed by atoms with Gasteiger partial charge in [0, 0.05) is 11.3 Å². The zero-order valence-corrected chi connectivity index (χ0v) is 10.6. The number of hydrogen-bond donors (Lipinski definition) is 1. The number of nitrogens with two attached hydrogens (primary N) is 1. The number of anilines is 1. The number of ether oxygens (including phenoxy) is 2. The van der Waals surface area contributed by atoms with Crippen LogP contribution in [0.1, 0.15) is 10.4 Å². The second-order valence-corrected chi connectivity index (χ2v) is 4.01. The van der Waals surface area contributed by atoms with Crippen molar-refractivity contribution in [2.75, 3.05) is 19.5 Å². The van der Waals surface area contributed by atoms with Crippen LogP contribution in [0.25, 0.3) is 0 Å². The highest BCUT2D eigenvalue weighted by atomic mass is 16.5. The van der Waals surface area contributed by atoms with Crippen molar-refractivity contribution >= 4 is 11.5 Å². The van der Waals surface area contributed by atoms with Crippen molar-refractivity contribution in [3.8, 4) is 11.5 Å². The molecule has 0 saturated carbocycles. The topological polar surface area (TPSA) is 61.5 Å². The van der Waals surface area contributed by atoms with Crippen LogP contribution < -0.4 is 15.2 Å². The summed E-state index contributed by atoms with van der Waals surface area (Å²) in [7, 11) is 1.60. The molecular formula is C15H15NO3. The van der Waals surface area contributed by atoms with Crippen molar-refractivity contribution in [3.05, 3.63) is 54.1 Å². The van der Waals surface area contributed by atoms with E-state index in [1.807, 2.05) is 0 Å². The predicted octanol–water partition coefficient (Wildman–Crippen LogP) is 2.54. The fourth-order valence-electron chi connectivity index (χ4n) is 1.62. The fraction of sp³-hybridized carbons (Fsp3) is 0.133. The lowest BCUT2D eigenvalue weighted by molar-refractivity contribution is 0.0921. The zero-order valence-electron chi connectivity index (χ0n) is 10.6. The Kier molecular flexibility index (Phi) is 4.03. The number of benzene rings is 2. The molecule has 0 aromatic heterocycles. The third kappa shape index (κ3) is 3.48. The van der Waals surface area contributed by atoms with Crippen molar-refractivity contribution in [1.82, 2.24) is 0 Å². The Hall–Kier alpha value is -2.49. The molecule has 0 saturated heterocycles. The maximum Gasteiger partial charge on any atom is 0.200 e. The van der Waals surface area contributed by atoms with Gasteiger partial charge in [0.1, 0.15) is 11.5 Å². The monoisotopic (exact) mass is 257 g/mol. The maximum absolute atomic E-state index is 11.9. The van der Waals surface area contributed by atoms with Crippen LogP contribution in [0.2, 0.25) is 0 Å². The summed E-state index contributed by atoms with van der Waals surface area (Å²) in [6.45, 7) is -0.0181. The molecule has 0 atom stereocenters. The molecular weight excluding hydrogens is 242 g/mol. The van der Waals surface area contributed by atoms with Gasteiger partial charge in [0.15, 0.2) is 12.4 Å². The average molecular weight is 257 g/mol. The molecule has 0 heterocycles. The summed E-state index contributed by atoms with van der Waals surface area (Å²) in [5, 5.41) is 0. The molecule has 0 spiro atoms. The number of methoxy groups -OCH3 is 1. The van der Waals surface area contributed by atoms with Crippen molar-refractivity contribution in [1.29, 1.82) is 0 Å². The number of Topliss-reactive ketones (excluding diaryl/α,β-unsaturated/α-hetero) is 1. The van der Waals surface area contributed by atoms with Gasteiger partial charge in [-0.2, -0.15) is 0 Å². The summed E-state index contributed by atoms with van der Waals surface area (Å²) < 4.78 is 10.5. The largest absolute Gasteiger partial charge is 0.497 e. The molecule has 2 rings (SSSR count). The van der Waals surface area contributed by atoms with Gasteiger partial charge in [-0.25, -0.2) is 0 Å². The van der Waals surface area contributed by atoms with Crippen LogP contribution in [0.3, 0.4) is 0 Å². The highest BCUT2D eigenvalue weighted by Gasteiger charge is 2.07. The molecule has 0 unspecified atom stereocenters. The Labute approximate surface area is 111 Å². The fourth-order valence-corrected chi connectivity index (χ4v) is 1.62. The highest BCUT2D eigenvalue weighted by Crippen LogP contribution is 2.17. The summed E-state index contributed by atoms with van der Waals surface area (Å²) in [5.74, 6) is 1.26. The van der Waals surface area contributed by atoms with E-state index in [0.717, 1.165) is 5.75 Å². The van der Waals surface area contributed by atoms with Gasteiger partial charge in [0.2, 0.25) is 0 Å². The summed E-state index contributed by atoms with van der Waals surface area (Å²) in [6, 6.07) is 13.9. The first kappa shape index (κ1) is 13.0. The number of ketones is 1. The van der Waals surface area contributed by atoms with E-state index in [0.29, 0.717) is 17.0 Å². The molecule has 2 aromatic rings. The van der Waals surface area contributed by atoms with Crippen LogP contribution in [0.15, 0.2) is 48.5 Å². The molecule has 0 amide bonds. The van der Waals surface area contributed by atoms with E-state index < -0.39 is 0 Å². The van der Waals surface area contributed by atoms with Crippen LogP contribution >= 0.6 is 0 Å². The van der Waals surface area contributed by atoms with Gasteiger partial charge in [-0.15, -0.1) is 0 Å². The van der Waals surface area contributed by atoms with E-state index in [9.17, 15) is 4.79 Å². The molecule has 4 nitrogen and oxygen atoms in total. The Morgan fingerprint density at radius 2 is 1.79 bits per heavy atom. The number of carbonyl (C=O) groups excluding carboxylic acids is 1. The number of nitrogen functional groups attached to an aromatic ring is 1. The summed E-state index contributed by atoms with van der Waals surface area (Å²) in [4.78, 5) is 11.9. The molecule has 0 aliphatic carbocycles. The number of hydrogen-bond acceptors (Lipinski definition) is 4. The third-order valence-corrected chi connectivity index (χ3v) is 2.64. The Balaban J connectivity index is 1.96. The van der Waals surface area contributed by atoms with Crippen LogP contribution in [0.5, 0.6) is 11.5 Å². The Morgan fingerprint density at radius 1 is 1.11 bits per heavy atom. The molecule has 2 N–H and O–H groups in total. The molecule has 0 radical (unpaired) electrons. The normalized spacial score (nSPS) is 9.95. The summed E-state index contributed by atoms with van der Waals surface area (Å²) in [5.41, 5.74) is 6.74. The lowest BCUT2D eigenvalue weighted by Gasteiger charge is -2.06. The molecule has 0 aliphatic rings. The standard InChI is InChI=1S/C15H15NO3/c1-18-13-5-7-14(8-6-13)19-10-15(17)11-3-2-4-12(16)9-11/h2-9H,10,16H2,1H3. The van der Waals surface area contributed by atoms with Gasteiger partial charge in [0.05, 0.1) is 7.11 Å². The molecule has 2 aromatic carbocycles. The van der Waals surface area contributed by atoms with Crippen LogP contribution in [0, 0.1) is 0 Å². The first-order chi connectivity index (χ1) is 9.19. The maximum atomic E-state index is 11.9. The van der Waals surface area contributed by atoms with Crippen molar-refractivity contribution in [2.24, 2.45) is 0 Å². The van der Waals surface area contributed by atoms with E-state index in [1.165, 1.54) is 0 Å². The molecule has 0 bridgehead atoms. The van der Waals surface area contributed by atoms with Crippen molar-refractivity contribution in [3.63, 3.8) is 0 Å². The number of rotatable bonds is 5. The lowest BCUT2D eigenvalue weighted by Crippen LogP contribution is -2.11. The Morgan fingerprint density at radius 3 is 2.42 bits per heavy atom. The minimum atomic E-state index is -0.108. The predicted molar refractivity (Wildman–Crippen MR) is 73.7 cm³/mol. The van der Waals surface area contributed by atoms with Crippen molar-refractivity contribution in [2.45, 2.75) is 0 Å². The van der Waals surface area contributed by atoms with Gasteiger partial charge in [-0.05, 0) is 36.4 Å². The Bertz CT molecular complexity index is 564. The minimum Gasteiger partial charge on any atom is -0.497 e. The third-order valence-electron chi connectivity index (χ3n) is 2.64. The molecule has 0 fully saturated rings. The second-order valence-electron chi connectivity index (χ2n) is 4.01. The quantitative estimate of drug-likeness (QED) is 0.660. The van der Waals surface area contributed by atoms with Gasteiger partial charge in [-0.3, -0.25) is 4.79 Å². The number of carbonyl (C=O) groups is 1. The van der Waals surface area contributed by atoms with E-state index in [4.69, 9.17) is 15.2 Å². The minimum absolute atomic E-state index is 0.0181. The van der Waals surface area contributed by atoms with Crippen LogP contribution in [-0.4, -0.2) is 19.5 Å². The summed E-state index contributed by atoms with van der Waals surface area (Å²) >= 11 is 0. The second kappa shape index (κ2) is 5.91. The van der Waals surface area contributed by atoms with Crippen LogP contribution in [0.4, 0.5) is 5.69 Å². The van der Waals surface area contributed by atoms with E-state index in [1.54, 1.807) is 55.6 Å². The van der Waals surface area contributed by atoms with E-state index in [2.05, 4.69) is 0 Å². The van der Waals surface area contributed by atoms with E-state index in [-0.39, 0.29) is 12.4 Å². The first-order valence-corrected chi connectivity index (χ1v) is 5.84. The lowest BCUT2D eigenvalue weighted by atomic mass is 10.1. The van der Waals surface area contributed by atoms with Gasteiger partial charge in [0.25, 0.3) is 0 Å². The molecule has 4 heteroatoms. The molecule has 0 aliphatic heterocycles. The van der Waals surface area contributed by atoms with Gasteiger partial charge >= 0.3 is 0 Å². The molecule has 19 heavy (non-hydrogen) atoms. The highest BCUT2D eigenvalue weighted by molar-refractivity contribution is 5.97. The van der Waals surface area contributed by atoms with Gasteiger partial charge < -0.3 is 15.2 Å². The SMILES string of the molecule is COc1ccc(OCC(=O)c2cccc(N)c2)cc1. The smallest absolute Gasteiger partial charge is 0.200 e. The van der Waals surface area contributed by atoms with Gasteiger partial charge in [-0.1, -0.05) is 12.1 Å². The first-order valence-electron chi connectivity index (χ1n) is 5.84. The zero-order chi connectivity index (χ0) is 13.7. The van der Waals surface area contributed by atoms with E-state index >= 15 is 0 Å². The molecule has 98 valence electrons.